The van der Waals surface area contributed by atoms with E-state index in [1.165, 1.54) is 5.56 Å². The van der Waals surface area contributed by atoms with Gasteiger partial charge in [0.25, 0.3) is 0 Å². The molecule has 5 rings (SSSR count). The van der Waals surface area contributed by atoms with Crippen LogP contribution in [0.5, 0.6) is 11.5 Å². The Bertz CT molecular complexity index is 978. The molecule has 0 saturated carbocycles. The zero-order valence-electron chi connectivity index (χ0n) is 18.0. The predicted octanol–water partition coefficient (Wildman–Crippen LogP) is 1.44. The van der Waals surface area contributed by atoms with Gasteiger partial charge in [0.2, 0.25) is 5.91 Å². The summed E-state index contributed by atoms with van der Waals surface area (Å²) in [4.78, 5) is 37.4. The van der Waals surface area contributed by atoms with Crippen LogP contribution in [0.25, 0.3) is 0 Å². The molecule has 2 aromatic rings. The molecular formula is C23H27N5O4. The molecule has 0 N–H and O–H groups in total. The summed E-state index contributed by atoms with van der Waals surface area (Å²) in [6.45, 7) is 6.09. The molecule has 0 bridgehead atoms. The van der Waals surface area contributed by atoms with Crippen LogP contribution < -0.4 is 14.4 Å². The van der Waals surface area contributed by atoms with Gasteiger partial charge in [-0.15, -0.1) is 0 Å². The summed E-state index contributed by atoms with van der Waals surface area (Å²) in [5, 5.41) is 0. The molecule has 2 fully saturated rings. The molecule has 32 heavy (non-hydrogen) atoms. The Hall–Kier alpha value is -3.33. The molecule has 168 valence electrons. The van der Waals surface area contributed by atoms with Gasteiger partial charge >= 0.3 is 6.03 Å². The van der Waals surface area contributed by atoms with Crippen LogP contribution >= 0.6 is 0 Å². The zero-order chi connectivity index (χ0) is 21.9. The third-order valence-electron chi connectivity index (χ3n) is 6.14. The molecule has 9 heteroatoms. The molecule has 1 aromatic heterocycles. The quantitative estimate of drug-likeness (QED) is 0.705. The molecule has 0 atom stereocenters. The Morgan fingerprint density at radius 2 is 1.66 bits per heavy atom. The van der Waals surface area contributed by atoms with Crippen molar-refractivity contribution in [3.8, 4) is 11.5 Å². The number of amides is 3. The molecular weight excluding hydrogens is 410 g/mol. The molecule has 9 nitrogen and oxygen atoms in total. The number of hydrogen-bond acceptors (Lipinski definition) is 6. The first-order chi connectivity index (χ1) is 15.7. The number of carbonyl (C=O) groups excluding carboxylic acids is 2. The van der Waals surface area contributed by atoms with Gasteiger partial charge in [0.15, 0.2) is 11.5 Å². The van der Waals surface area contributed by atoms with E-state index in [1.54, 1.807) is 22.2 Å². The summed E-state index contributed by atoms with van der Waals surface area (Å²) < 4.78 is 11.2. The predicted molar refractivity (Wildman–Crippen MR) is 118 cm³/mol. The maximum Gasteiger partial charge on any atom is 0.325 e. The second-order valence-electron chi connectivity index (χ2n) is 8.20. The summed E-state index contributed by atoms with van der Waals surface area (Å²) in [5.74, 6) is 1.36. The summed E-state index contributed by atoms with van der Waals surface area (Å²) in [6, 6.07) is 9.41. The lowest BCUT2D eigenvalue weighted by Crippen LogP contribution is -2.51. The van der Waals surface area contributed by atoms with Crippen molar-refractivity contribution in [2.24, 2.45) is 0 Å². The van der Waals surface area contributed by atoms with Crippen molar-refractivity contribution in [1.82, 2.24) is 19.7 Å². The maximum absolute atomic E-state index is 12.9. The third kappa shape index (κ3) is 4.34. The average molecular weight is 438 g/mol. The highest BCUT2D eigenvalue weighted by molar-refractivity contribution is 5.96. The van der Waals surface area contributed by atoms with E-state index in [0.29, 0.717) is 50.9 Å². The van der Waals surface area contributed by atoms with Crippen molar-refractivity contribution in [1.29, 1.82) is 0 Å². The van der Waals surface area contributed by atoms with Gasteiger partial charge in [0.1, 0.15) is 19.8 Å². The zero-order valence-corrected chi connectivity index (χ0v) is 18.0. The third-order valence-corrected chi connectivity index (χ3v) is 6.14. The number of nitrogens with zero attached hydrogens (tertiary/aromatic N) is 5. The van der Waals surface area contributed by atoms with Crippen LogP contribution in [0, 0.1) is 0 Å². The second-order valence-corrected chi connectivity index (χ2v) is 8.20. The maximum atomic E-state index is 12.9. The van der Waals surface area contributed by atoms with E-state index in [2.05, 4.69) is 9.88 Å². The van der Waals surface area contributed by atoms with Crippen molar-refractivity contribution in [3.63, 3.8) is 0 Å². The minimum absolute atomic E-state index is 0.00550. The number of benzene rings is 1. The summed E-state index contributed by atoms with van der Waals surface area (Å²) in [5.41, 5.74) is 1.99. The van der Waals surface area contributed by atoms with Gasteiger partial charge in [-0.2, -0.15) is 0 Å². The largest absolute Gasteiger partial charge is 0.486 e. The first-order valence-corrected chi connectivity index (χ1v) is 11.0. The molecule has 0 radical (unpaired) electrons. The van der Waals surface area contributed by atoms with Gasteiger partial charge in [0.05, 0.1) is 0 Å². The highest BCUT2D eigenvalue weighted by Gasteiger charge is 2.33. The SMILES string of the molecule is O=C(CN1CCN(c2ccc3c(c2)OCCO3)C1=O)N1CCN(Cc2ccncc2)CC1. The van der Waals surface area contributed by atoms with Crippen molar-refractivity contribution in [3.05, 3.63) is 48.3 Å². The number of rotatable bonds is 5. The van der Waals surface area contributed by atoms with Crippen LogP contribution in [-0.2, 0) is 11.3 Å². The minimum atomic E-state index is -0.147. The van der Waals surface area contributed by atoms with Crippen LogP contribution in [0.1, 0.15) is 5.56 Å². The van der Waals surface area contributed by atoms with E-state index in [9.17, 15) is 9.59 Å². The summed E-state index contributed by atoms with van der Waals surface area (Å²) >= 11 is 0. The standard InChI is InChI=1S/C23H27N5O4/c29-22(26-9-7-25(8-10-26)16-18-3-5-24-6-4-18)17-27-11-12-28(23(27)30)19-1-2-20-21(15-19)32-14-13-31-20/h1-6,15H,7-14,16-17H2. The Labute approximate surface area is 187 Å². The molecule has 1 aromatic carbocycles. The molecule has 3 aliphatic rings. The molecule has 0 spiro atoms. The smallest absolute Gasteiger partial charge is 0.325 e. The molecule has 4 heterocycles. The van der Waals surface area contributed by atoms with Gasteiger partial charge in [-0.25, -0.2) is 4.79 Å². The highest BCUT2D eigenvalue weighted by Crippen LogP contribution is 2.35. The van der Waals surface area contributed by atoms with Crippen LogP contribution in [-0.4, -0.2) is 90.6 Å². The average Bonchev–Trinajstić information content (AvgIpc) is 3.19. The van der Waals surface area contributed by atoms with E-state index in [4.69, 9.17) is 9.47 Å². The van der Waals surface area contributed by atoms with Crippen molar-refractivity contribution < 1.29 is 19.1 Å². The number of aromatic nitrogens is 1. The fourth-order valence-electron chi connectivity index (χ4n) is 4.33. The number of hydrogen-bond donors (Lipinski definition) is 0. The first kappa shape index (κ1) is 20.6. The first-order valence-electron chi connectivity index (χ1n) is 11.0. The van der Waals surface area contributed by atoms with Crippen molar-refractivity contribution >= 4 is 17.6 Å². The van der Waals surface area contributed by atoms with Crippen LogP contribution in [0.3, 0.4) is 0 Å². The monoisotopic (exact) mass is 437 g/mol. The number of anilines is 1. The molecule has 0 unspecified atom stereocenters. The molecule has 2 saturated heterocycles. The molecule has 3 aliphatic heterocycles. The van der Waals surface area contributed by atoms with E-state index >= 15 is 0 Å². The van der Waals surface area contributed by atoms with Gasteiger partial charge < -0.3 is 19.3 Å². The fraction of sp³-hybridized carbons (Fsp3) is 0.435. The molecule has 3 amide bonds. The summed E-state index contributed by atoms with van der Waals surface area (Å²) in [7, 11) is 0. The van der Waals surface area contributed by atoms with Crippen LogP contribution in [0.4, 0.5) is 10.5 Å². The number of urea groups is 1. The van der Waals surface area contributed by atoms with E-state index in [0.717, 1.165) is 25.3 Å². The topological polar surface area (TPSA) is 78.5 Å². The Morgan fingerprint density at radius 3 is 2.44 bits per heavy atom. The highest BCUT2D eigenvalue weighted by atomic mass is 16.6. The number of ether oxygens (including phenoxy) is 2. The minimum Gasteiger partial charge on any atom is -0.486 e. The van der Waals surface area contributed by atoms with Gasteiger partial charge in [0, 0.05) is 70.0 Å². The molecule has 0 aliphatic carbocycles. The van der Waals surface area contributed by atoms with E-state index in [-0.39, 0.29) is 18.5 Å². The second kappa shape index (κ2) is 9.04. The number of pyridine rings is 1. The van der Waals surface area contributed by atoms with Crippen LogP contribution in [0.2, 0.25) is 0 Å². The fourth-order valence-corrected chi connectivity index (χ4v) is 4.33. The van der Waals surface area contributed by atoms with Crippen LogP contribution in [0.15, 0.2) is 42.7 Å². The van der Waals surface area contributed by atoms with Gasteiger partial charge in [-0.05, 0) is 29.8 Å². The van der Waals surface area contributed by atoms with Gasteiger partial charge in [-0.3, -0.25) is 19.6 Å². The lowest BCUT2D eigenvalue weighted by Gasteiger charge is -2.35. The Kier molecular flexibility index (Phi) is 5.81. The van der Waals surface area contributed by atoms with E-state index < -0.39 is 0 Å². The lowest BCUT2D eigenvalue weighted by atomic mass is 10.2. The normalized spacial score (nSPS) is 18.9. The number of piperazine rings is 1. The van der Waals surface area contributed by atoms with E-state index in [1.807, 2.05) is 35.2 Å². The Balaban J connectivity index is 1.13. The Morgan fingerprint density at radius 1 is 0.906 bits per heavy atom. The van der Waals surface area contributed by atoms with Gasteiger partial charge in [-0.1, -0.05) is 0 Å². The van der Waals surface area contributed by atoms with Crippen molar-refractivity contribution in [2.45, 2.75) is 6.54 Å². The van der Waals surface area contributed by atoms with Crippen molar-refractivity contribution in [2.75, 3.05) is 63.9 Å². The number of fused-ring (bicyclic) bond motifs is 1. The summed E-state index contributed by atoms with van der Waals surface area (Å²) in [6.07, 6.45) is 3.60. The lowest BCUT2D eigenvalue weighted by molar-refractivity contribution is -0.133. The number of carbonyl (C=O) groups is 2.